The molecule has 0 spiro atoms. The van der Waals surface area contributed by atoms with Crippen molar-refractivity contribution in [1.29, 1.82) is 0 Å². The highest BCUT2D eigenvalue weighted by molar-refractivity contribution is 5.46. The number of nitrogens with zero attached hydrogens (tertiary/aromatic N) is 1. The molecule has 1 aromatic rings. The maximum atomic E-state index is 9.65. The lowest BCUT2D eigenvalue weighted by molar-refractivity contribution is 0.0526. The predicted octanol–water partition coefficient (Wildman–Crippen LogP) is 0.866. The smallest absolute Gasteiger partial charge is 0.0624 e. The first-order valence-electron chi connectivity index (χ1n) is 5.40. The summed E-state index contributed by atoms with van der Waals surface area (Å²) < 4.78 is 0. The van der Waals surface area contributed by atoms with Gasteiger partial charge in [0.15, 0.2) is 0 Å². The molecule has 0 aromatic heterocycles. The number of para-hydroxylation sites is 1. The number of anilines is 1. The summed E-state index contributed by atoms with van der Waals surface area (Å²) in [7, 11) is 0. The Balaban J connectivity index is 2.06. The van der Waals surface area contributed by atoms with Crippen molar-refractivity contribution >= 4 is 5.69 Å². The van der Waals surface area contributed by atoms with Gasteiger partial charge in [0.1, 0.15) is 0 Å². The van der Waals surface area contributed by atoms with Crippen LogP contribution < -0.4 is 4.90 Å². The summed E-state index contributed by atoms with van der Waals surface area (Å²) in [6.07, 6.45) is 0.384. The molecule has 0 aliphatic carbocycles. The Kier molecular flexibility index (Phi) is 3.23. The second-order valence-electron chi connectivity index (χ2n) is 4.08. The number of benzene rings is 1. The molecule has 1 aliphatic rings. The van der Waals surface area contributed by atoms with Crippen molar-refractivity contribution in [2.24, 2.45) is 5.92 Å². The molecule has 3 nitrogen and oxygen atoms in total. The van der Waals surface area contributed by atoms with Crippen molar-refractivity contribution in [3.63, 3.8) is 0 Å². The van der Waals surface area contributed by atoms with E-state index in [1.165, 1.54) is 5.69 Å². The molecular formula is C12H17NO2. The molecule has 1 aliphatic heterocycles. The van der Waals surface area contributed by atoms with Crippen LogP contribution in [0.3, 0.4) is 0 Å². The van der Waals surface area contributed by atoms with E-state index in [2.05, 4.69) is 17.0 Å². The molecule has 0 saturated carbocycles. The summed E-state index contributed by atoms with van der Waals surface area (Å²) in [6, 6.07) is 10.1. The van der Waals surface area contributed by atoms with Gasteiger partial charge in [-0.2, -0.15) is 0 Å². The zero-order chi connectivity index (χ0) is 10.7. The second-order valence-corrected chi connectivity index (χ2v) is 4.08. The highest BCUT2D eigenvalue weighted by Gasteiger charge is 2.26. The number of aliphatic hydroxyl groups is 2. The first-order valence-corrected chi connectivity index (χ1v) is 5.40. The summed E-state index contributed by atoms with van der Waals surface area (Å²) in [5.41, 5.74) is 1.17. The van der Waals surface area contributed by atoms with E-state index in [1.54, 1.807) is 0 Å². The Morgan fingerprint density at radius 3 is 2.67 bits per heavy atom. The van der Waals surface area contributed by atoms with Crippen molar-refractivity contribution in [2.75, 3.05) is 24.6 Å². The van der Waals surface area contributed by atoms with Crippen molar-refractivity contribution in [2.45, 2.75) is 12.5 Å². The van der Waals surface area contributed by atoms with Gasteiger partial charge in [0.25, 0.3) is 0 Å². The van der Waals surface area contributed by atoms with Crippen LogP contribution in [0.1, 0.15) is 6.42 Å². The van der Waals surface area contributed by atoms with Gasteiger partial charge in [-0.3, -0.25) is 0 Å². The molecule has 3 heteroatoms. The maximum absolute atomic E-state index is 9.65. The van der Waals surface area contributed by atoms with Gasteiger partial charge in [0.2, 0.25) is 0 Å². The van der Waals surface area contributed by atoms with E-state index < -0.39 is 0 Å². The lowest BCUT2D eigenvalue weighted by atomic mass is 9.95. The van der Waals surface area contributed by atoms with Crippen LogP contribution in [-0.4, -0.2) is 36.0 Å². The molecule has 1 fully saturated rings. The minimum absolute atomic E-state index is 0.0149. The Morgan fingerprint density at radius 2 is 2.00 bits per heavy atom. The summed E-state index contributed by atoms with van der Waals surface area (Å²) in [6.45, 7) is 1.66. The predicted molar refractivity (Wildman–Crippen MR) is 59.9 cm³/mol. The summed E-state index contributed by atoms with van der Waals surface area (Å²) in [5, 5.41) is 18.8. The molecule has 0 amide bonds. The third-order valence-corrected chi connectivity index (χ3v) is 3.05. The molecule has 1 saturated heterocycles. The monoisotopic (exact) mass is 207 g/mol. The van der Waals surface area contributed by atoms with Crippen molar-refractivity contribution in [3.8, 4) is 0 Å². The van der Waals surface area contributed by atoms with Crippen LogP contribution in [0.25, 0.3) is 0 Å². The Hall–Kier alpha value is -1.06. The summed E-state index contributed by atoms with van der Waals surface area (Å²) in [5.74, 6) is -0.0149. The molecule has 82 valence electrons. The maximum Gasteiger partial charge on any atom is 0.0624 e. The number of aliphatic hydroxyl groups excluding tert-OH is 2. The summed E-state index contributed by atoms with van der Waals surface area (Å²) >= 11 is 0. The molecule has 2 unspecified atom stereocenters. The molecular weight excluding hydrogens is 190 g/mol. The highest BCUT2D eigenvalue weighted by Crippen LogP contribution is 2.22. The van der Waals surface area contributed by atoms with Gasteiger partial charge in [0, 0.05) is 24.7 Å². The molecule has 1 heterocycles. The van der Waals surface area contributed by atoms with Crippen molar-refractivity contribution < 1.29 is 10.2 Å². The zero-order valence-electron chi connectivity index (χ0n) is 8.71. The van der Waals surface area contributed by atoms with Gasteiger partial charge in [-0.15, -0.1) is 0 Å². The topological polar surface area (TPSA) is 43.7 Å². The van der Waals surface area contributed by atoms with E-state index in [9.17, 15) is 5.11 Å². The fourth-order valence-corrected chi connectivity index (χ4v) is 2.07. The largest absolute Gasteiger partial charge is 0.396 e. The van der Waals surface area contributed by atoms with Gasteiger partial charge in [0.05, 0.1) is 12.7 Å². The lowest BCUT2D eigenvalue weighted by Crippen LogP contribution is -2.44. The van der Waals surface area contributed by atoms with Crippen molar-refractivity contribution in [3.05, 3.63) is 30.3 Å². The van der Waals surface area contributed by atoms with Crippen LogP contribution in [-0.2, 0) is 0 Å². The van der Waals surface area contributed by atoms with E-state index in [4.69, 9.17) is 5.11 Å². The van der Waals surface area contributed by atoms with E-state index >= 15 is 0 Å². The fourth-order valence-electron chi connectivity index (χ4n) is 2.07. The van der Waals surface area contributed by atoms with Gasteiger partial charge in [-0.1, -0.05) is 18.2 Å². The Morgan fingerprint density at radius 1 is 1.27 bits per heavy atom. The lowest BCUT2D eigenvalue weighted by Gasteiger charge is -2.36. The molecule has 2 atom stereocenters. The molecule has 2 rings (SSSR count). The average Bonchev–Trinajstić information content (AvgIpc) is 2.31. The first kappa shape index (κ1) is 10.5. The van der Waals surface area contributed by atoms with Crippen LogP contribution in [0.5, 0.6) is 0 Å². The normalized spacial score (nSPS) is 26.7. The van der Waals surface area contributed by atoms with Crippen molar-refractivity contribution in [1.82, 2.24) is 0 Å². The molecule has 1 aromatic carbocycles. The van der Waals surface area contributed by atoms with Gasteiger partial charge < -0.3 is 15.1 Å². The van der Waals surface area contributed by atoms with Gasteiger partial charge >= 0.3 is 0 Å². The third kappa shape index (κ3) is 2.30. The first-order chi connectivity index (χ1) is 7.31. The second kappa shape index (κ2) is 4.64. The standard InChI is InChI=1S/C12H17NO2/c14-9-10-8-13(7-6-12(10)15)11-4-2-1-3-5-11/h1-5,10,12,14-15H,6-9H2. The zero-order valence-corrected chi connectivity index (χ0v) is 8.71. The van der Waals surface area contributed by atoms with E-state index in [0.29, 0.717) is 0 Å². The van der Waals surface area contributed by atoms with E-state index in [-0.39, 0.29) is 18.6 Å². The number of hydrogen-bond acceptors (Lipinski definition) is 3. The SMILES string of the molecule is OCC1CN(c2ccccc2)CCC1O. The van der Waals surface area contributed by atoms with E-state index in [1.807, 2.05) is 18.2 Å². The molecule has 2 N–H and O–H groups in total. The number of piperidine rings is 1. The Labute approximate surface area is 90.0 Å². The molecule has 15 heavy (non-hydrogen) atoms. The molecule has 0 bridgehead atoms. The number of hydrogen-bond donors (Lipinski definition) is 2. The van der Waals surface area contributed by atoms with Crippen LogP contribution in [0.4, 0.5) is 5.69 Å². The minimum Gasteiger partial charge on any atom is -0.396 e. The highest BCUT2D eigenvalue weighted by atomic mass is 16.3. The number of rotatable bonds is 2. The van der Waals surface area contributed by atoms with Crippen LogP contribution in [0.2, 0.25) is 0 Å². The quantitative estimate of drug-likeness (QED) is 0.756. The van der Waals surface area contributed by atoms with Crippen LogP contribution in [0.15, 0.2) is 30.3 Å². The summed E-state index contributed by atoms with van der Waals surface area (Å²) in [4.78, 5) is 2.22. The van der Waals surface area contributed by atoms with Gasteiger partial charge in [-0.25, -0.2) is 0 Å². The minimum atomic E-state index is -0.352. The third-order valence-electron chi connectivity index (χ3n) is 3.05. The fraction of sp³-hybridized carbons (Fsp3) is 0.500. The molecule has 0 radical (unpaired) electrons. The van der Waals surface area contributed by atoms with Crippen LogP contribution in [0, 0.1) is 5.92 Å². The Bertz CT molecular complexity index is 302. The van der Waals surface area contributed by atoms with Crippen LogP contribution >= 0.6 is 0 Å². The average molecular weight is 207 g/mol. The van der Waals surface area contributed by atoms with Gasteiger partial charge in [-0.05, 0) is 18.6 Å². The van der Waals surface area contributed by atoms with E-state index in [0.717, 1.165) is 19.5 Å².